The SMILES string of the molecule is COc1cccc(Cn2ncc(I)c2N)c1. The molecule has 0 saturated heterocycles. The number of methoxy groups -OCH3 is 1. The van der Waals surface area contributed by atoms with Crippen molar-refractivity contribution in [2.24, 2.45) is 0 Å². The molecule has 5 heteroatoms. The number of nitrogens with zero attached hydrogens (tertiary/aromatic N) is 2. The third kappa shape index (κ3) is 2.29. The summed E-state index contributed by atoms with van der Waals surface area (Å²) in [6.45, 7) is 0.659. The van der Waals surface area contributed by atoms with Crippen molar-refractivity contribution in [2.45, 2.75) is 6.54 Å². The minimum atomic E-state index is 0.659. The van der Waals surface area contributed by atoms with Crippen LogP contribution in [0.3, 0.4) is 0 Å². The number of hydrogen-bond acceptors (Lipinski definition) is 3. The van der Waals surface area contributed by atoms with Crippen LogP contribution in [-0.4, -0.2) is 16.9 Å². The zero-order valence-electron chi connectivity index (χ0n) is 8.85. The maximum Gasteiger partial charge on any atom is 0.135 e. The number of nitrogens with two attached hydrogens (primary N) is 1. The van der Waals surface area contributed by atoms with E-state index in [-0.39, 0.29) is 0 Å². The Bertz CT molecular complexity index is 496. The van der Waals surface area contributed by atoms with Gasteiger partial charge < -0.3 is 10.5 Å². The van der Waals surface area contributed by atoms with Gasteiger partial charge in [0.25, 0.3) is 0 Å². The Morgan fingerprint density at radius 3 is 2.94 bits per heavy atom. The summed E-state index contributed by atoms with van der Waals surface area (Å²) >= 11 is 2.17. The Kier molecular flexibility index (Phi) is 3.33. The Morgan fingerprint density at radius 1 is 1.50 bits per heavy atom. The van der Waals surface area contributed by atoms with Crippen LogP contribution in [0, 0.1) is 3.57 Å². The van der Waals surface area contributed by atoms with Gasteiger partial charge in [0, 0.05) is 0 Å². The van der Waals surface area contributed by atoms with Crippen molar-refractivity contribution < 1.29 is 4.74 Å². The molecule has 4 nitrogen and oxygen atoms in total. The van der Waals surface area contributed by atoms with E-state index in [1.807, 2.05) is 24.3 Å². The normalized spacial score (nSPS) is 10.4. The molecule has 0 atom stereocenters. The lowest BCUT2D eigenvalue weighted by molar-refractivity contribution is 0.414. The number of benzene rings is 1. The lowest BCUT2D eigenvalue weighted by atomic mass is 10.2. The molecular weight excluding hydrogens is 317 g/mol. The van der Waals surface area contributed by atoms with Gasteiger partial charge in [0.2, 0.25) is 0 Å². The molecule has 2 rings (SSSR count). The molecule has 0 radical (unpaired) electrons. The Balaban J connectivity index is 2.23. The van der Waals surface area contributed by atoms with E-state index < -0.39 is 0 Å². The summed E-state index contributed by atoms with van der Waals surface area (Å²) in [4.78, 5) is 0. The van der Waals surface area contributed by atoms with E-state index in [1.165, 1.54) is 0 Å². The van der Waals surface area contributed by atoms with Gasteiger partial charge in [0.15, 0.2) is 0 Å². The summed E-state index contributed by atoms with van der Waals surface area (Å²) in [7, 11) is 1.66. The molecule has 1 aromatic heterocycles. The fourth-order valence-corrected chi connectivity index (χ4v) is 1.84. The zero-order chi connectivity index (χ0) is 11.5. The van der Waals surface area contributed by atoms with E-state index in [0.717, 1.165) is 14.9 Å². The summed E-state index contributed by atoms with van der Waals surface area (Å²) in [5, 5.41) is 4.21. The van der Waals surface area contributed by atoms with E-state index in [9.17, 15) is 0 Å². The molecule has 84 valence electrons. The van der Waals surface area contributed by atoms with Crippen molar-refractivity contribution >= 4 is 28.4 Å². The van der Waals surface area contributed by atoms with Gasteiger partial charge in [0.1, 0.15) is 11.6 Å². The number of halogens is 1. The average molecular weight is 329 g/mol. The lowest BCUT2D eigenvalue weighted by Gasteiger charge is -2.06. The minimum absolute atomic E-state index is 0.659. The van der Waals surface area contributed by atoms with Crippen molar-refractivity contribution in [1.82, 2.24) is 9.78 Å². The Hall–Kier alpha value is -1.24. The molecule has 1 heterocycles. The number of ether oxygens (including phenoxy) is 1. The van der Waals surface area contributed by atoms with Crippen LogP contribution >= 0.6 is 22.6 Å². The van der Waals surface area contributed by atoms with Gasteiger partial charge in [-0.2, -0.15) is 5.10 Å². The second-order valence-electron chi connectivity index (χ2n) is 3.39. The predicted molar refractivity (Wildman–Crippen MR) is 71.5 cm³/mol. The fraction of sp³-hybridized carbons (Fsp3) is 0.182. The highest BCUT2D eigenvalue weighted by Crippen LogP contribution is 2.17. The number of rotatable bonds is 3. The second kappa shape index (κ2) is 4.73. The highest BCUT2D eigenvalue weighted by Gasteiger charge is 2.05. The van der Waals surface area contributed by atoms with Crippen molar-refractivity contribution in [3.8, 4) is 5.75 Å². The summed E-state index contributed by atoms with van der Waals surface area (Å²) in [6, 6.07) is 7.88. The van der Waals surface area contributed by atoms with E-state index in [1.54, 1.807) is 18.0 Å². The number of nitrogen functional groups attached to an aromatic ring is 1. The topological polar surface area (TPSA) is 53.1 Å². The summed E-state index contributed by atoms with van der Waals surface area (Å²) in [5.74, 6) is 1.54. The highest BCUT2D eigenvalue weighted by molar-refractivity contribution is 14.1. The maximum absolute atomic E-state index is 5.88. The molecule has 0 spiro atoms. The monoisotopic (exact) mass is 329 g/mol. The Labute approximate surface area is 108 Å². The van der Waals surface area contributed by atoms with Crippen molar-refractivity contribution in [2.75, 3.05) is 12.8 Å². The van der Waals surface area contributed by atoms with Crippen LogP contribution in [0.15, 0.2) is 30.5 Å². The van der Waals surface area contributed by atoms with Crippen LogP contribution in [-0.2, 0) is 6.54 Å². The molecule has 0 amide bonds. The Morgan fingerprint density at radius 2 is 2.31 bits per heavy atom. The molecule has 16 heavy (non-hydrogen) atoms. The molecular formula is C11H12IN3O. The molecule has 0 saturated carbocycles. The fourth-order valence-electron chi connectivity index (χ4n) is 1.44. The molecule has 1 aromatic carbocycles. The van der Waals surface area contributed by atoms with E-state index >= 15 is 0 Å². The molecule has 0 fully saturated rings. The molecule has 0 aliphatic rings. The van der Waals surface area contributed by atoms with Gasteiger partial charge in [-0.05, 0) is 40.3 Å². The van der Waals surface area contributed by atoms with Crippen LogP contribution in [0.5, 0.6) is 5.75 Å². The van der Waals surface area contributed by atoms with Gasteiger partial charge >= 0.3 is 0 Å². The van der Waals surface area contributed by atoms with Gasteiger partial charge in [-0.3, -0.25) is 0 Å². The number of anilines is 1. The molecule has 2 aromatic rings. The minimum Gasteiger partial charge on any atom is -0.497 e. The summed E-state index contributed by atoms with van der Waals surface area (Å²) in [5.41, 5.74) is 7.00. The van der Waals surface area contributed by atoms with Crippen LogP contribution in [0.4, 0.5) is 5.82 Å². The second-order valence-corrected chi connectivity index (χ2v) is 4.55. The molecule has 0 aliphatic heterocycles. The average Bonchev–Trinajstić information content (AvgIpc) is 2.61. The van der Waals surface area contributed by atoms with Crippen LogP contribution < -0.4 is 10.5 Å². The van der Waals surface area contributed by atoms with Crippen LogP contribution in [0.25, 0.3) is 0 Å². The van der Waals surface area contributed by atoms with Gasteiger partial charge in [0.05, 0.1) is 23.4 Å². The summed E-state index contributed by atoms with van der Waals surface area (Å²) in [6.07, 6.45) is 1.76. The first-order chi connectivity index (χ1) is 7.70. The lowest BCUT2D eigenvalue weighted by Crippen LogP contribution is -2.06. The highest BCUT2D eigenvalue weighted by atomic mass is 127. The van der Waals surface area contributed by atoms with E-state index in [2.05, 4.69) is 27.7 Å². The van der Waals surface area contributed by atoms with Crippen LogP contribution in [0.2, 0.25) is 0 Å². The standard InChI is InChI=1S/C11H12IN3O/c1-16-9-4-2-3-8(5-9)7-15-11(13)10(12)6-14-15/h2-6H,7,13H2,1H3. The third-order valence-corrected chi connectivity index (χ3v) is 3.13. The molecule has 0 aliphatic carbocycles. The van der Waals surface area contributed by atoms with Gasteiger partial charge in [-0.25, -0.2) is 4.68 Å². The first kappa shape index (κ1) is 11.3. The van der Waals surface area contributed by atoms with Gasteiger partial charge in [-0.15, -0.1) is 0 Å². The molecule has 2 N–H and O–H groups in total. The largest absolute Gasteiger partial charge is 0.497 e. The van der Waals surface area contributed by atoms with E-state index in [0.29, 0.717) is 12.4 Å². The quantitative estimate of drug-likeness (QED) is 0.878. The first-order valence-corrected chi connectivity index (χ1v) is 5.88. The molecule has 0 unspecified atom stereocenters. The van der Waals surface area contributed by atoms with E-state index in [4.69, 9.17) is 10.5 Å². The van der Waals surface area contributed by atoms with Crippen molar-refractivity contribution in [1.29, 1.82) is 0 Å². The first-order valence-electron chi connectivity index (χ1n) is 4.80. The number of aromatic nitrogens is 2. The van der Waals surface area contributed by atoms with Gasteiger partial charge in [-0.1, -0.05) is 12.1 Å². The predicted octanol–water partition coefficient (Wildman–Crippen LogP) is 2.13. The zero-order valence-corrected chi connectivity index (χ0v) is 11.0. The third-order valence-electron chi connectivity index (χ3n) is 2.30. The maximum atomic E-state index is 5.88. The van der Waals surface area contributed by atoms with Crippen molar-refractivity contribution in [3.05, 3.63) is 39.6 Å². The summed E-state index contributed by atoms with van der Waals surface area (Å²) < 4.78 is 7.91. The molecule has 0 bridgehead atoms. The van der Waals surface area contributed by atoms with Crippen LogP contribution in [0.1, 0.15) is 5.56 Å². The number of hydrogen-bond donors (Lipinski definition) is 1. The smallest absolute Gasteiger partial charge is 0.135 e. The van der Waals surface area contributed by atoms with Crippen molar-refractivity contribution in [3.63, 3.8) is 0 Å².